The van der Waals surface area contributed by atoms with Crippen LogP contribution < -0.4 is 4.74 Å². The third kappa shape index (κ3) is 2.49. The molecule has 0 saturated carbocycles. The van der Waals surface area contributed by atoms with Crippen molar-refractivity contribution in [2.75, 3.05) is 26.9 Å². The van der Waals surface area contributed by atoms with Crippen molar-refractivity contribution in [1.29, 1.82) is 0 Å². The lowest BCUT2D eigenvalue weighted by molar-refractivity contribution is -0.0487. The number of hydrogen-bond acceptors (Lipinski definition) is 3. The van der Waals surface area contributed by atoms with E-state index in [-0.39, 0.29) is 12.4 Å². The second-order valence-electron chi connectivity index (χ2n) is 5.17. The Bertz CT molecular complexity index is 418. The van der Waals surface area contributed by atoms with Gasteiger partial charge in [-0.25, -0.2) is 4.39 Å². The molecule has 1 N–H and O–H groups in total. The van der Waals surface area contributed by atoms with E-state index in [0.717, 1.165) is 12.0 Å². The van der Waals surface area contributed by atoms with Crippen molar-refractivity contribution in [3.8, 4) is 5.75 Å². The van der Waals surface area contributed by atoms with E-state index in [1.54, 1.807) is 13.2 Å². The number of halogens is 1. The molecule has 2 rings (SSSR count). The first-order valence-electron chi connectivity index (χ1n) is 6.11. The van der Waals surface area contributed by atoms with E-state index in [2.05, 4.69) is 0 Å². The van der Waals surface area contributed by atoms with Crippen LogP contribution in [0, 0.1) is 11.7 Å². The molecule has 0 spiro atoms. The normalized spacial score (nSPS) is 19.1. The van der Waals surface area contributed by atoms with E-state index in [1.807, 2.05) is 6.92 Å². The predicted octanol–water partition coefficient (Wildman–Crippen LogP) is 2.12. The fourth-order valence-electron chi connectivity index (χ4n) is 2.45. The number of aliphatic hydroxyl groups excluding tert-OH is 1. The molecule has 0 aliphatic carbocycles. The number of hydrogen-bond donors (Lipinski definition) is 1. The Morgan fingerprint density at radius 1 is 1.50 bits per heavy atom. The fourth-order valence-corrected chi connectivity index (χ4v) is 2.45. The summed E-state index contributed by atoms with van der Waals surface area (Å²) < 4.78 is 23.8. The van der Waals surface area contributed by atoms with Crippen molar-refractivity contribution < 1.29 is 19.0 Å². The summed E-state index contributed by atoms with van der Waals surface area (Å²) in [4.78, 5) is 0. The lowest BCUT2D eigenvalue weighted by atomic mass is 9.75. The van der Waals surface area contributed by atoms with Gasteiger partial charge in [-0.2, -0.15) is 0 Å². The summed E-state index contributed by atoms with van der Waals surface area (Å²) in [6, 6.07) is 4.43. The molecule has 18 heavy (non-hydrogen) atoms. The standard InChI is InChI=1S/C14H19FO3/c1-14(9-16,6-10-7-18-8-10)12-5-11(15)3-4-13(12)17-2/h3-5,10,16H,6-9H2,1-2H3. The molecule has 1 unspecified atom stereocenters. The quantitative estimate of drug-likeness (QED) is 0.874. The highest BCUT2D eigenvalue weighted by molar-refractivity contribution is 5.40. The molecule has 0 amide bonds. The van der Waals surface area contributed by atoms with Crippen LogP contribution in [0.3, 0.4) is 0 Å². The molecule has 1 aromatic rings. The number of rotatable bonds is 5. The van der Waals surface area contributed by atoms with Crippen molar-refractivity contribution in [1.82, 2.24) is 0 Å². The molecule has 0 aromatic heterocycles. The van der Waals surface area contributed by atoms with Crippen LogP contribution in [0.15, 0.2) is 18.2 Å². The highest BCUT2D eigenvalue weighted by atomic mass is 19.1. The van der Waals surface area contributed by atoms with Crippen LogP contribution >= 0.6 is 0 Å². The van der Waals surface area contributed by atoms with Crippen LogP contribution in [0.25, 0.3) is 0 Å². The molecule has 1 aliphatic heterocycles. The Kier molecular flexibility index (Phi) is 3.88. The molecule has 0 bridgehead atoms. The Labute approximate surface area is 107 Å². The third-order valence-corrected chi connectivity index (χ3v) is 3.61. The average molecular weight is 254 g/mol. The molecule has 1 saturated heterocycles. The number of aliphatic hydroxyl groups is 1. The maximum atomic E-state index is 13.4. The molecule has 4 heteroatoms. The zero-order chi connectivity index (χ0) is 13.2. The van der Waals surface area contributed by atoms with Crippen molar-refractivity contribution in [2.45, 2.75) is 18.8 Å². The maximum absolute atomic E-state index is 13.4. The molecule has 3 nitrogen and oxygen atoms in total. The molecule has 1 fully saturated rings. The molecular formula is C14H19FO3. The van der Waals surface area contributed by atoms with Gasteiger partial charge >= 0.3 is 0 Å². The lowest BCUT2D eigenvalue weighted by Crippen LogP contribution is -2.37. The summed E-state index contributed by atoms with van der Waals surface area (Å²) in [6.45, 7) is 3.33. The van der Waals surface area contributed by atoms with Gasteiger partial charge in [-0.3, -0.25) is 0 Å². The van der Waals surface area contributed by atoms with Gasteiger partial charge in [0.05, 0.1) is 26.9 Å². The number of methoxy groups -OCH3 is 1. The van der Waals surface area contributed by atoms with Gasteiger partial charge in [0.2, 0.25) is 0 Å². The van der Waals surface area contributed by atoms with Gasteiger partial charge in [-0.05, 0) is 24.6 Å². The molecule has 0 radical (unpaired) electrons. The topological polar surface area (TPSA) is 38.7 Å². The summed E-state index contributed by atoms with van der Waals surface area (Å²) in [5.74, 6) is 0.735. The van der Waals surface area contributed by atoms with Crippen LogP contribution in [-0.2, 0) is 10.2 Å². The molecule has 100 valence electrons. The van der Waals surface area contributed by atoms with Crippen molar-refractivity contribution >= 4 is 0 Å². The van der Waals surface area contributed by atoms with Gasteiger partial charge in [0.25, 0.3) is 0 Å². The monoisotopic (exact) mass is 254 g/mol. The van der Waals surface area contributed by atoms with Crippen LogP contribution in [0.1, 0.15) is 18.9 Å². The Balaban J connectivity index is 2.31. The summed E-state index contributed by atoms with van der Waals surface area (Å²) in [6.07, 6.45) is 0.767. The molecular weight excluding hydrogens is 235 g/mol. The summed E-state index contributed by atoms with van der Waals surface area (Å²) in [5, 5.41) is 9.70. The second kappa shape index (κ2) is 5.24. The summed E-state index contributed by atoms with van der Waals surface area (Å²) in [7, 11) is 1.56. The van der Waals surface area contributed by atoms with Gasteiger partial charge < -0.3 is 14.6 Å². The van der Waals surface area contributed by atoms with Crippen LogP contribution in [-0.4, -0.2) is 32.0 Å². The van der Waals surface area contributed by atoms with E-state index in [4.69, 9.17) is 9.47 Å². The van der Waals surface area contributed by atoms with Crippen molar-refractivity contribution in [3.63, 3.8) is 0 Å². The van der Waals surface area contributed by atoms with Gasteiger partial charge in [0, 0.05) is 16.9 Å². The molecule has 1 atom stereocenters. The number of benzene rings is 1. The molecule has 1 heterocycles. The Morgan fingerprint density at radius 2 is 2.22 bits per heavy atom. The minimum absolute atomic E-state index is 0.0384. The average Bonchev–Trinajstić information content (AvgIpc) is 2.33. The first-order chi connectivity index (χ1) is 8.59. The predicted molar refractivity (Wildman–Crippen MR) is 66.3 cm³/mol. The first-order valence-corrected chi connectivity index (χ1v) is 6.11. The minimum atomic E-state index is -0.498. The smallest absolute Gasteiger partial charge is 0.123 e. The van der Waals surface area contributed by atoms with E-state index in [0.29, 0.717) is 24.9 Å². The minimum Gasteiger partial charge on any atom is -0.496 e. The van der Waals surface area contributed by atoms with Crippen LogP contribution in [0.2, 0.25) is 0 Å². The van der Waals surface area contributed by atoms with Gasteiger partial charge in [-0.15, -0.1) is 0 Å². The van der Waals surface area contributed by atoms with Crippen LogP contribution in [0.5, 0.6) is 5.75 Å². The van der Waals surface area contributed by atoms with E-state index < -0.39 is 5.41 Å². The highest BCUT2D eigenvalue weighted by Gasteiger charge is 2.35. The SMILES string of the molecule is COc1ccc(F)cc1C(C)(CO)CC1COC1. The summed E-state index contributed by atoms with van der Waals surface area (Å²) >= 11 is 0. The zero-order valence-corrected chi connectivity index (χ0v) is 10.8. The highest BCUT2D eigenvalue weighted by Crippen LogP contribution is 2.38. The second-order valence-corrected chi connectivity index (χ2v) is 5.17. The zero-order valence-electron chi connectivity index (χ0n) is 10.8. The van der Waals surface area contributed by atoms with Gasteiger partial charge in [0.1, 0.15) is 11.6 Å². The van der Waals surface area contributed by atoms with Crippen molar-refractivity contribution in [2.24, 2.45) is 5.92 Å². The third-order valence-electron chi connectivity index (χ3n) is 3.61. The largest absolute Gasteiger partial charge is 0.496 e. The lowest BCUT2D eigenvalue weighted by Gasteiger charge is -2.36. The molecule has 1 aliphatic rings. The summed E-state index contributed by atoms with van der Waals surface area (Å²) in [5.41, 5.74) is 0.224. The first kappa shape index (κ1) is 13.3. The van der Waals surface area contributed by atoms with Crippen molar-refractivity contribution in [3.05, 3.63) is 29.6 Å². The van der Waals surface area contributed by atoms with E-state index >= 15 is 0 Å². The van der Waals surface area contributed by atoms with E-state index in [9.17, 15) is 9.50 Å². The Morgan fingerprint density at radius 3 is 2.72 bits per heavy atom. The Hall–Kier alpha value is -1.13. The molecule has 1 aromatic carbocycles. The van der Waals surface area contributed by atoms with Gasteiger partial charge in [0.15, 0.2) is 0 Å². The fraction of sp³-hybridized carbons (Fsp3) is 0.571. The van der Waals surface area contributed by atoms with E-state index in [1.165, 1.54) is 12.1 Å². The van der Waals surface area contributed by atoms with Crippen LogP contribution in [0.4, 0.5) is 4.39 Å². The number of ether oxygens (including phenoxy) is 2. The van der Waals surface area contributed by atoms with Gasteiger partial charge in [-0.1, -0.05) is 6.92 Å². The maximum Gasteiger partial charge on any atom is 0.123 e.